The molecule has 1 aliphatic rings. The van der Waals surface area contributed by atoms with Crippen LogP contribution in [0.15, 0.2) is 23.1 Å². The molecule has 0 saturated carbocycles. The summed E-state index contributed by atoms with van der Waals surface area (Å²) in [6.07, 6.45) is -4.79. The van der Waals surface area contributed by atoms with E-state index in [1.807, 2.05) is 0 Å². The molecule has 2 N–H and O–H groups in total. The number of piperazine rings is 1. The number of nitrogens with two attached hydrogens (primary N) is 1. The van der Waals surface area contributed by atoms with Crippen LogP contribution < -0.4 is 5.73 Å². The van der Waals surface area contributed by atoms with Crippen LogP contribution in [0.2, 0.25) is 0 Å². The van der Waals surface area contributed by atoms with Crippen molar-refractivity contribution in [3.8, 4) is 0 Å². The minimum absolute atomic E-state index is 0.102. The Bertz CT molecular complexity index is 801. The van der Waals surface area contributed by atoms with Gasteiger partial charge in [0.25, 0.3) is 0 Å². The Morgan fingerprint density at radius 2 is 1.65 bits per heavy atom. The second kappa shape index (κ2) is 6.78. The molecule has 1 aromatic carbocycles. The first-order valence-corrected chi connectivity index (χ1v) is 9.14. The van der Waals surface area contributed by atoms with Gasteiger partial charge in [-0.2, -0.15) is 17.5 Å². The third-order valence-corrected chi connectivity index (χ3v) is 6.42. The molecule has 1 saturated heterocycles. The largest absolute Gasteiger partial charge is 0.416 e. The fraction of sp³-hybridized carbons (Fsp3) is 0.533. The van der Waals surface area contributed by atoms with Gasteiger partial charge in [-0.3, -0.25) is 9.69 Å². The van der Waals surface area contributed by atoms with Crippen LogP contribution in [0.4, 0.5) is 17.6 Å². The second-order valence-electron chi connectivity index (χ2n) is 6.46. The minimum Gasteiger partial charge on any atom is -0.368 e. The summed E-state index contributed by atoms with van der Waals surface area (Å²) in [7, 11) is -4.45. The van der Waals surface area contributed by atoms with Crippen LogP contribution >= 0.6 is 0 Å². The van der Waals surface area contributed by atoms with Gasteiger partial charge in [-0.15, -0.1) is 0 Å². The first-order valence-electron chi connectivity index (χ1n) is 7.70. The summed E-state index contributed by atoms with van der Waals surface area (Å²) in [5, 5.41) is 0. The maximum atomic E-state index is 13.9. The molecule has 0 spiro atoms. The summed E-state index contributed by atoms with van der Waals surface area (Å²) in [4.78, 5) is 12.1. The van der Waals surface area contributed by atoms with Crippen LogP contribution in [-0.4, -0.2) is 55.2 Å². The molecule has 1 fully saturated rings. The SMILES string of the molecule is CC(C)(C(N)=O)N1CCN(S(=O)(=O)c2cc(C(F)(F)F)ccc2F)CC1. The molecule has 0 unspecified atom stereocenters. The molecular formula is C15H19F4N3O3S. The third kappa shape index (κ3) is 3.84. The number of rotatable bonds is 4. The van der Waals surface area contributed by atoms with Crippen molar-refractivity contribution in [2.75, 3.05) is 26.2 Å². The molecule has 6 nitrogen and oxygen atoms in total. The van der Waals surface area contributed by atoms with Crippen molar-refractivity contribution in [2.24, 2.45) is 5.73 Å². The minimum atomic E-state index is -4.79. The maximum Gasteiger partial charge on any atom is 0.416 e. The lowest BCUT2D eigenvalue weighted by Gasteiger charge is -2.41. The van der Waals surface area contributed by atoms with Crippen molar-refractivity contribution in [3.63, 3.8) is 0 Å². The van der Waals surface area contributed by atoms with Crippen LogP contribution in [-0.2, 0) is 21.0 Å². The molecule has 0 aliphatic carbocycles. The van der Waals surface area contributed by atoms with E-state index in [2.05, 4.69) is 0 Å². The molecule has 0 radical (unpaired) electrons. The van der Waals surface area contributed by atoms with Crippen LogP contribution in [0, 0.1) is 5.82 Å². The molecule has 146 valence electrons. The van der Waals surface area contributed by atoms with Gasteiger partial charge in [0.2, 0.25) is 15.9 Å². The van der Waals surface area contributed by atoms with E-state index in [0.29, 0.717) is 18.2 Å². The first kappa shape index (κ1) is 20.6. The van der Waals surface area contributed by atoms with E-state index in [1.165, 1.54) is 0 Å². The van der Waals surface area contributed by atoms with E-state index in [0.717, 1.165) is 4.31 Å². The summed E-state index contributed by atoms with van der Waals surface area (Å²) < 4.78 is 78.4. The van der Waals surface area contributed by atoms with E-state index in [-0.39, 0.29) is 26.2 Å². The van der Waals surface area contributed by atoms with E-state index < -0.39 is 43.9 Å². The monoisotopic (exact) mass is 397 g/mol. The van der Waals surface area contributed by atoms with E-state index in [4.69, 9.17) is 5.73 Å². The smallest absolute Gasteiger partial charge is 0.368 e. The molecule has 11 heteroatoms. The summed E-state index contributed by atoms with van der Waals surface area (Å²) in [6.45, 7) is 3.24. The van der Waals surface area contributed by atoms with E-state index in [1.54, 1.807) is 18.7 Å². The molecule has 0 aromatic heterocycles. The normalized spacial score (nSPS) is 18.1. The molecular weight excluding hydrogens is 378 g/mol. The van der Waals surface area contributed by atoms with Crippen molar-refractivity contribution in [3.05, 3.63) is 29.6 Å². The molecule has 1 heterocycles. The molecule has 0 bridgehead atoms. The van der Waals surface area contributed by atoms with Gasteiger partial charge >= 0.3 is 6.18 Å². The zero-order valence-corrected chi connectivity index (χ0v) is 15.0. The number of hydrogen-bond donors (Lipinski definition) is 1. The molecule has 1 amide bonds. The van der Waals surface area contributed by atoms with E-state index in [9.17, 15) is 30.8 Å². The Morgan fingerprint density at radius 3 is 2.12 bits per heavy atom. The number of amides is 1. The van der Waals surface area contributed by atoms with Crippen LogP contribution in [0.5, 0.6) is 0 Å². The predicted octanol–water partition coefficient (Wildman–Crippen LogP) is 1.41. The highest BCUT2D eigenvalue weighted by molar-refractivity contribution is 7.89. The number of carbonyl (C=O) groups excluding carboxylic acids is 1. The standard InChI is InChI=1S/C15H19F4N3O3S/c1-14(2,13(20)23)21-5-7-22(8-6-21)26(24,25)12-9-10(15(17,18)19)3-4-11(12)16/h3-4,9H,5-8H2,1-2H3,(H2,20,23). The van der Waals surface area contributed by atoms with E-state index >= 15 is 0 Å². The molecule has 0 atom stereocenters. The number of benzene rings is 1. The Labute approximate surface area is 148 Å². The van der Waals surface area contributed by atoms with Crippen LogP contribution in [0.25, 0.3) is 0 Å². The average Bonchev–Trinajstić information content (AvgIpc) is 2.54. The van der Waals surface area contributed by atoms with Gasteiger partial charge in [-0.1, -0.05) is 0 Å². The number of halogens is 4. The Morgan fingerprint density at radius 1 is 1.12 bits per heavy atom. The van der Waals surface area contributed by atoms with Crippen LogP contribution in [0.1, 0.15) is 19.4 Å². The lowest BCUT2D eigenvalue weighted by atomic mass is 10.0. The summed E-state index contributed by atoms with van der Waals surface area (Å²) in [6, 6.07) is 1.27. The van der Waals surface area contributed by atoms with Gasteiger partial charge in [-0.05, 0) is 32.0 Å². The maximum absolute atomic E-state index is 13.9. The van der Waals surface area contributed by atoms with Gasteiger partial charge in [0.1, 0.15) is 10.7 Å². The predicted molar refractivity (Wildman–Crippen MR) is 85.0 cm³/mol. The van der Waals surface area contributed by atoms with Crippen molar-refractivity contribution < 1.29 is 30.8 Å². The highest BCUT2D eigenvalue weighted by atomic mass is 32.2. The first-order chi connectivity index (χ1) is 11.8. The van der Waals surface area contributed by atoms with Gasteiger partial charge < -0.3 is 5.73 Å². The lowest BCUT2D eigenvalue weighted by Crippen LogP contribution is -2.60. The fourth-order valence-electron chi connectivity index (χ4n) is 2.66. The summed E-state index contributed by atoms with van der Waals surface area (Å²) in [5.41, 5.74) is 3.07. The van der Waals surface area contributed by atoms with Gasteiger partial charge in [0, 0.05) is 26.2 Å². The zero-order chi connectivity index (χ0) is 19.9. The van der Waals surface area contributed by atoms with Gasteiger partial charge in [0.15, 0.2) is 0 Å². The summed E-state index contributed by atoms with van der Waals surface area (Å²) in [5.74, 6) is -1.84. The number of nitrogens with zero attached hydrogens (tertiary/aromatic N) is 2. The number of hydrogen-bond acceptors (Lipinski definition) is 4. The Kier molecular flexibility index (Phi) is 5.37. The Balaban J connectivity index is 2.27. The van der Waals surface area contributed by atoms with Crippen molar-refractivity contribution in [2.45, 2.75) is 30.5 Å². The fourth-order valence-corrected chi connectivity index (χ4v) is 4.17. The summed E-state index contributed by atoms with van der Waals surface area (Å²) >= 11 is 0. The van der Waals surface area contributed by atoms with Crippen molar-refractivity contribution >= 4 is 15.9 Å². The van der Waals surface area contributed by atoms with Crippen LogP contribution in [0.3, 0.4) is 0 Å². The molecule has 1 aromatic rings. The van der Waals surface area contributed by atoms with Gasteiger partial charge in [-0.25, -0.2) is 12.8 Å². The second-order valence-corrected chi connectivity index (χ2v) is 8.36. The number of primary amides is 1. The van der Waals surface area contributed by atoms with Gasteiger partial charge in [0.05, 0.1) is 11.1 Å². The third-order valence-electron chi connectivity index (χ3n) is 4.51. The molecule has 26 heavy (non-hydrogen) atoms. The zero-order valence-electron chi connectivity index (χ0n) is 14.2. The van der Waals surface area contributed by atoms with Crippen molar-refractivity contribution in [1.29, 1.82) is 0 Å². The number of alkyl halides is 3. The topological polar surface area (TPSA) is 83.7 Å². The number of carbonyl (C=O) groups is 1. The quantitative estimate of drug-likeness (QED) is 0.779. The van der Waals surface area contributed by atoms with Crippen molar-refractivity contribution in [1.82, 2.24) is 9.21 Å². The average molecular weight is 397 g/mol. The molecule has 2 rings (SSSR count). The molecule has 1 aliphatic heterocycles. The highest BCUT2D eigenvalue weighted by Gasteiger charge is 2.39. The highest BCUT2D eigenvalue weighted by Crippen LogP contribution is 2.32. The lowest BCUT2D eigenvalue weighted by molar-refractivity contribution is -0.137. The number of sulfonamides is 1. The Hall–Kier alpha value is -1.72.